The van der Waals surface area contributed by atoms with Gasteiger partial charge in [0.25, 0.3) is 5.56 Å². The molecule has 1 saturated heterocycles. The number of nitrogens with one attached hydrogen (secondary N) is 2. The molecule has 2 N–H and O–H groups in total. The van der Waals surface area contributed by atoms with Crippen LogP contribution in [0.3, 0.4) is 0 Å². The van der Waals surface area contributed by atoms with Crippen molar-refractivity contribution in [2.75, 3.05) is 17.6 Å². The van der Waals surface area contributed by atoms with E-state index in [2.05, 4.69) is 15.5 Å². The second-order valence-electron chi connectivity index (χ2n) is 3.85. The summed E-state index contributed by atoms with van der Waals surface area (Å²) in [5.74, 6) is 0.271. The summed E-state index contributed by atoms with van der Waals surface area (Å²) >= 11 is 0. The first-order chi connectivity index (χ1) is 7.58. The average molecular weight is 243 g/mol. The average Bonchev–Trinajstić information content (AvgIpc) is 2.55. The van der Waals surface area contributed by atoms with Crippen LogP contribution in [0.25, 0.3) is 0 Å². The van der Waals surface area contributed by atoms with Crippen molar-refractivity contribution in [3.63, 3.8) is 0 Å². The molecule has 6 nitrogen and oxygen atoms in total. The Hall–Kier alpha value is -1.37. The normalized spacial score (nSPS) is 23.1. The first-order valence-electron chi connectivity index (χ1n) is 5.08. The summed E-state index contributed by atoms with van der Waals surface area (Å²) in [6.07, 6.45) is 2.87. The fraction of sp³-hybridized carbons (Fsp3) is 0.556. The maximum atomic E-state index is 11.5. The highest BCUT2D eigenvalue weighted by Crippen LogP contribution is 2.20. The lowest BCUT2D eigenvalue weighted by Crippen LogP contribution is -2.25. The lowest BCUT2D eigenvalue weighted by atomic mass is 10.2. The van der Waals surface area contributed by atoms with Crippen LogP contribution in [0.5, 0.6) is 0 Å². The molecule has 1 unspecified atom stereocenters. The Morgan fingerprint density at radius 2 is 2.38 bits per heavy atom. The van der Waals surface area contributed by atoms with Crippen LogP contribution >= 0.6 is 0 Å². The first kappa shape index (κ1) is 11.1. The highest BCUT2D eigenvalue weighted by atomic mass is 32.2. The second kappa shape index (κ2) is 4.25. The molecule has 2 heterocycles. The van der Waals surface area contributed by atoms with Gasteiger partial charge in [-0.15, -0.1) is 0 Å². The van der Waals surface area contributed by atoms with Crippen LogP contribution in [-0.4, -0.2) is 36.2 Å². The van der Waals surface area contributed by atoms with E-state index in [4.69, 9.17) is 0 Å². The molecule has 1 fully saturated rings. The topological polar surface area (TPSA) is 91.9 Å². The molecule has 1 aromatic rings. The summed E-state index contributed by atoms with van der Waals surface area (Å²) in [6.45, 7) is 0.341. The number of rotatable bonds is 3. The molecule has 0 spiro atoms. The molecule has 0 aromatic carbocycles. The Bertz CT molecular complexity index is 523. The van der Waals surface area contributed by atoms with Gasteiger partial charge in [-0.1, -0.05) is 0 Å². The van der Waals surface area contributed by atoms with Crippen LogP contribution in [0.15, 0.2) is 17.1 Å². The molecule has 0 bridgehead atoms. The predicted octanol–water partition coefficient (Wildman–Crippen LogP) is -0.241. The van der Waals surface area contributed by atoms with Crippen LogP contribution in [0.1, 0.15) is 12.8 Å². The van der Waals surface area contributed by atoms with Crippen molar-refractivity contribution in [1.29, 1.82) is 0 Å². The van der Waals surface area contributed by atoms with Crippen LogP contribution in [0.2, 0.25) is 0 Å². The number of nitrogens with zero attached hydrogens (tertiary/aromatic N) is 1. The molecule has 0 amide bonds. The molecule has 1 aliphatic heterocycles. The van der Waals surface area contributed by atoms with E-state index in [1.807, 2.05) is 0 Å². The molecule has 88 valence electrons. The number of H-pyrrole nitrogens is 1. The number of aromatic nitrogens is 2. The zero-order chi connectivity index (χ0) is 11.6. The minimum atomic E-state index is -2.94. The zero-order valence-electron chi connectivity index (χ0n) is 8.64. The Morgan fingerprint density at radius 1 is 1.56 bits per heavy atom. The van der Waals surface area contributed by atoms with E-state index in [1.54, 1.807) is 0 Å². The monoisotopic (exact) mass is 243 g/mol. The van der Waals surface area contributed by atoms with Gasteiger partial charge in [0.1, 0.15) is 0 Å². The molecule has 0 saturated carbocycles. The van der Waals surface area contributed by atoms with Crippen LogP contribution in [0.4, 0.5) is 5.69 Å². The van der Waals surface area contributed by atoms with Crippen LogP contribution in [-0.2, 0) is 9.84 Å². The van der Waals surface area contributed by atoms with E-state index in [1.165, 1.54) is 12.3 Å². The lowest BCUT2D eigenvalue weighted by Gasteiger charge is -2.10. The van der Waals surface area contributed by atoms with Crippen LogP contribution < -0.4 is 10.9 Å². The smallest absolute Gasteiger partial charge is 0.266 e. The predicted molar refractivity (Wildman–Crippen MR) is 60.2 cm³/mol. The van der Waals surface area contributed by atoms with Gasteiger partial charge in [-0.2, -0.15) is 5.10 Å². The van der Waals surface area contributed by atoms with E-state index < -0.39 is 9.84 Å². The van der Waals surface area contributed by atoms with Crippen molar-refractivity contribution in [2.24, 2.45) is 0 Å². The number of hydrogen-bond acceptors (Lipinski definition) is 5. The van der Waals surface area contributed by atoms with Crippen molar-refractivity contribution in [2.45, 2.75) is 18.1 Å². The minimum absolute atomic E-state index is 0.271. The fourth-order valence-corrected chi connectivity index (χ4v) is 3.56. The zero-order valence-corrected chi connectivity index (χ0v) is 9.46. The summed E-state index contributed by atoms with van der Waals surface area (Å²) in [4.78, 5) is 10.9. The van der Waals surface area contributed by atoms with Gasteiger partial charge in [-0.3, -0.25) is 4.79 Å². The van der Waals surface area contributed by atoms with E-state index in [9.17, 15) is 13.2 Å². The minimum Gasteiger partial charge on any atom is -0.382 e. The molecule has 1 aliphatic rings. The number of sulfone groups is 1. The molecule has 16 heavy (non-hydrogen) atoms. The van der Waals surface area contributed by atoms with E-state index >= 15 is 0 Å². The third kappa shape index (κ3) is 2.41. The highest BCUT2D eigenvalue weighted by molar-refractivity contribution is 7.92. The van der Waals surface area contributed by atoms with Gasteiger partial charge in [0.05, 0.1) is 22.9 Å². The van der Waals surface area contributed by atoms with Gasteiger partial charge in [0.15, 0.2) is 9.84 Å². The highest BCUT2D eigenvalue weighted by Gasteiger charge is 2.30. The third-order valence-corrected chi connectivity index (χ3v) is 4.94. The molecule has 1 aromatic heterocycles. The van der Waals surface area contributed by atoms with Crippen LogP contribution in [0, 0.1) is 0 Å². The fourth-order valence-electron chi connectivity index (χ4n) is 1.79. The van der Waals surface area contributed by atoms with Crippen molar-refractivity contribution in [3.8, 4) is 0 Å². The number of hydrogen-bond donors (Lipinski definition) is 2. The quantitative estimate of drug-likeness (QED) is 0.764. The molecule has 0 radical (unpaired) electrons. The van der Waals surface area contributed by atoms with Crippen molar-refractivity contribution in [3.05, 3.63) is 22.6 Å². The van der Waals surface area contributed by atoms with Crippen molar-refractivity contribution in [1.82, 2.24) is 10.2 Å². The molecular weight excluding hydrogens is 230 g/mol. The largest absolute Gasteiger partial charge is 0.382 e. The van der Waals surface area contributed by atoms with Gasteiger partial charge in [0, 0.05) is 12.6 Å². The molecule has 1 atom stereocenters. The SMILES string of the molecule is O=c1cc(NCC2CCCS2(=O)=O)cn[nH]1. The molecule has 7 heteroatoms. The Kier molecular flexibility index (Phi) is 2.95. The number of aromatic amines is 1. The Balaban J connectivity index is 2.00. The van der Waals surface area contributed by atoms with E-state index in [0.29, 0.717) is 18.7 Å². The molecular formula is C9H13N3O3S. The Morgan fingerprint density at radius 3 is 3.00 bits per heavy atom. The van der Waals surface area contributed by atoms with E-state index in [0.717, 1.165) is 6.42 Å². The van der Waals surface area contributed by atoms with E-state index in [-0.39, 0.29) is 16.6 Å². The molecule has 0 aliphatic carbocycles. The first-order valence-corrected chi connectivity index (χ1v) is 6.80. The molecule has 2 rings (SSSR count). The number of anilines is 1. The lowest BCUT2D eigenvalue weighted by molar-refractivity contribution is 0.591. The van der Waals surface area contributed by atoms with Crippen molar-refractivity contribution >= 4 is 15.5 Å². The van der Waals surface area contributed by atoms with Gasteiger partial charge in [-0.25, -0.2) is 13.5 Å². The summed E-state index contributed by atoms with van der Waals surface area (Å²) in [5, 5.41) is 8.45. The maximum absolute atomic E-state index is 11.5. The summed E-state index contributed by atoms with van der Waals surface area (Å²) in [7, 11) is -2.94. The van der Waals surface area contributed by atoms with Gasteiger partial charge >= 0.3 is 0 Å². The third-order valence-electron chi connectivity index (χ3n) is 2.66. The van der Waals surface area contributed by atoms with Crippen molar-refractivity contribution < 1.29 is 8.42 Å². The van der Waals surface area contributed by atoms with Gasteiger partial charge < -0.3 is 5.32 Å². The second-order valence-corrected chi connectivity index (χ2v) is 6.25. The Labute approximate surface area is 93.0 Å². The van der Waals surface area contributed by atoms with Gasteiger partial charge in [-0.05, 0) is 12.8 Å². The standard InChI is InChI=1S/C9H13N3O3S/c13-9-4-7(5-11-12-9)10-6-8-2-1-3-16(8,14)15/h4-5,8H,1-3,6H2,(H2,10,12,13). The summed E-state index contributed by atoms with van der Waals surface area (Å²) < 4.78 is 23.1. The summed E-state index contributed by atoms with van der Waals surface area (Å²) in [5.41, 5.74) is 0.241. The van der Waals surface area contributed by atoms with Gasteiger partial charge in [0.2, 0.25) is 0 Å². The summed E-state index contributed by atoms with van der Waals surface area (Å²) in [6, 6.07) is 1.36. The maximum Gasteiger partial charge on any atom is 0.266 e.